The van der Waals surface area contributed by atoms with E-state index in [0.29, 0.717) is 28.6 Å². The number of hydrogen-bond acceptors (Lipinski definition) is 5. The van der Waals surface area contributed by atoms with Gasteiger partial charge in [0, 0.05) is 23.2 Å². The average molecular weight is 456 g/mol. The summed E-state index contributed by atoms with van der Waals surface area (Å²) in [5, 5.41) is 8.03. The van der Waals surface area contributed by atoms with Gasteiger partial charge >= 0.3 is 5.97 Å². The number of fused-ring (bicyclic) bond motifs is 1. The van der Waals surface area contributed by atoms with Crippen LogP contribution >= 0.6 is 0 Å². The minimum atomic E-state index is -0.611. The Labute approximate surface area is 197 Å². The maximum atomic E-state index is 12.9. The van der Waals surface area contributed by atoms with Gasteiger partial charge in [-0.1, -0.05) is 62.4 Å². The molecule has 1 heterocycles. The van der Waals surface area contributed by atoms with Gasteiger partial charge in [0.25, 0.3) is 11.5 Å². The summed E-state index contributed by atoms with van der Waals surface area (Å²) in [4.78, 5) is 38.0. The van der Waals surface area contributed by atoms with Crippen molar-refractivity contribution in [3.05, 3.63) is 106 Å². The van der Waals surface area contributed by atoms with E-state index in [4.69, 9.17) is 4.74 Å². The number of hydrogen-bond donors (Lipinski definition) is 1. The van der Waals surface area contributed by atoms with Crippen molar-refractivity contribution in [2.45, 2.75) is 27.0 Å². The zero-order valence-electron chi connectivity index (χ0n) is 19.0. The quantitative estimate of drug-likeness (QED) is 0.409. The lowest BCUT2D eigenvalue weighted by Crippen LogP contribution is -2.28. The highest BCUT2D eigenvalue weighted by molar-refractivity contribution is 6.04. The normalized spacial score (nSPS) is 10.9. The highest BCUT2D eigenvalue weighted by atomic mass is 16.5. The second-order valence-electron chi connectivity index (χ2n) is 8.37. The molecule has 3 aromatic carbocycles. The SMILES string of the molecule is CC(C)Cn1nc(C(=O)OCc2ccc(C(=O)Nc3ccccc3)cc2)c2ccccc2c1=O. The molecule has 0 aliphatic heterocycles. The van der Waals surface area contributed by atoms with Crippen molar-refractivity contribution in [3.8, 4) is 0 Å². The van der Waals surface area contributed by atoms with Gasteiger partial charge in [0.1, 0.15) is 6.61 Å². The molecular formula is C27H25N3O4. The topological polar surface area (TPSA) is 90.3 Å². The van der Waals surface area contributed by atoms with Crippen molar-refractivity contribution in [2.75, 3.05) is 5.32 Å². The third-order valence-corrected chi connectivity index (χ3v) is 5.22. The monoisotopic (exact) mass is 455 g/mol. The lowest BCUT2D eigenvalue weighted by atomic mass is 10.1. The average Bonchev–Trinajstić information content (AvgIpc) is 2.85. The van der Waals surface area contributed by atoms with Crippen LogP contribution < -0.4 is 10.9 Å². The molecule has 0 spiro atoms. The van der Waals surface area contributed by atoms with Gasteiger partial charge in [-0.3, -0.25) is 9.59 Å². The fourth-order valence-electron chi connectivity index (χ4n) is 3.55. The van der Waals surface area contributed by atoms with Gasteiger partial charge in [0.15, 0.2) is 5.69 Å². The summed E-state index contributed by atoms with van der Waals surface area (Å²) in [5.74, 6) is -0.648. The lowest BCUT2D eigenvalue weighted by Gasteiger charge is -2.12. The molecular weight excluding hydrogens is 430 g/mol. The number of anilines is 1. The number of aromatic nitrogens is 2. The zero-order chi connectivity index (χ0) is 24.1. The molecule has 0 aliphatic rings. The van der Waals surface area contributed by atoms with E-state index in [2.05, 4.69) is 10.4 Å². The minimum absolute atomic E-state index is 0.0126. The first-order valence-electron chi connectivity index (χ1n) is 11.0. The predicted octanol–water partition coefficient (Wildman–Crippen LogP) is 4.66. The van der Waals surface area contributed by atoms with Gasteiger partial charge in [0.2, 0.25) is 0 Å². The molecule has 0 saturated heterocycles. The third kappa shape index (κ3) is 5.20. The zero-order valence-corrected chi connectivity index (χ0v) is 19.0. The molecule has 1 amide bonds. The summed E-state index contributed by atoms with van der Waals surface area (Å²) in [5.41, 5.74) is 1.81. The minimum Gasteiger partial charge on any atom is -0.456 e. The Bertz CT molecular complexity index is 1380. The van der Waals surface area contributed by atoms with Crippen molar-refractivity contribution in [3.63, 3.8) is 0 Å². The molecule has 7 nitrogen and oxygen atoms in total. The van der Waals surface area contributed by atoms with E-state index < -0.39 is 5.97 Å². The molecule has 1 aromatic heterocycles. The number of amides is 1. The molecule has 0 fully saturated rings. The number of nitrogens with zero attached hydrogens (tertiary/aromatic N) is 2. The van der Waals surface area contributed by atoms with E-state index >= 15 is 0 Å². The van der Waals surface area contributed by atoms with Crippen LogP contribution in [-0.2, 0) is 17.9 Å². The first kappa shape index (κ1) is 22.9. The van der Waals surface area contributed by atoms with Crippen LogP contribution in [0.4, 0.5) is 5.69 Å². The Kier molecular flexibility index (Phi) is 6.82. The number of rotatable bonds is 7. The second kappa shape index (κ2) is 10.1. The molecule has 172 valence electrons. The van der Waals surface area contributed by atoms with E-state index in [9.17, 15) is 14.4 Å². The number of nitrogens with one attached hydrogen (secondary N) is 1. The van der Waals surface area contributed by atoms with Crippen LogP contribution in [0.3, 0.4) is 0 Å². The van der Waals surface area contributed by atoms with Crippen molar-refractivity contribution in [2.24, 2.45) is 5.92 Å². The van der Waals surface area contributed by atoms with E-state index in [1.54, 1.807) is 48.5 Å². The highest BCUT2D eigenvalue weighted by Gasteiger charge is 2.18. The van der Waals surface area contributed by atoms with Crippen LogP contribution in [0.25, 0.3) is 10.8 Å². The van der Waals surface area contributed by atoms with Crippen molar-refractivity contribution in [1.82, 2.24) is 9.78 Å². The number of benzene rings is 3. The molecule has 1 N–H and O–H groups in total. The molecule has 0 radical (unpaired) electrons. The molecule has 0 aliphatic carbocycles. The van der Waals surface area contributed by atoms with Crippen LogP contribution in [0, 0.1) is 5.92 Å². The molecule has 7 heteroatoms. The highest BCUT2D eigenvalue weighted by Crippen LogP contribution is 2.16. The Hall–Kier alpha value is -4.26. The van der Waals surface area contributed by atoms with E-state index in [1.807, 2.05) is 44.2 Å². The Balaban J connectivity index is 1.48. The number of carbonyl (C=O) groups is 2. The smallest absolute Gasteiger partial charge is 0.359 e. The summed E-state index contributed by atoms with van der Waals surface area (Å²) in [6.45, 7) is 4.37. The van der Waals surface area contributed by atoms with Gasteiger partial charge < -0.3 is 10.1 Å². The molecule has 0 bridgehead atoms. The van der Waals surface area contributed by atoms with Gasteiger partial charge in [-0.05, 0) is 41.8 Å². The summed E-state index contributed by atoms with van der Waals surface area (Å²) >= 11 is 0. The van der Waals surface area contributed by atoms with Crippen LogP contribution in [0.2, 0.25) is 0 Å². The van der Waals surface area contributed by atoms with Crippen LogP contribution in [0.15, 0.2) is 83.7 Å². The number of carbonyl (C=O) groups excluding carboxylic acids is 2. The largest absolute Gasteiger partial charge is 0.456 e. The van der Waals surface area contributed by atoms with Gasteiger partial charge in [0.05, 0.1) is 5.39 Å². The summed E-state index contributed by atoms with van der Waals surface area (Å²) in [6, 6.07) is 22.9. The maximum absolute atomic E-state index is 12.9. The van der Waals surface area contributed by atoms with Crippen molar-refractivity contribution in [1.29, 1.82) is 0 Å². The van der Waals surface area contributed by atoms with E-state index in [1.165, 1.54) is 4.68 Å². The van der Waals surface area contributed by atoms with Gasteiger partial charge in [-0.15, -0.1) is 0 Å². The van der Waals surface area contributed by atoms with E-state index in [0.717, 1.165) is 5.56 Å². The molecule has 0 saturated carbocycles. The first-order chi connectivity index (χ1) is 16.4. The molecule has 4 rings (SSSR count). The van der Waals surface area contributed by atoms with Gasteiger partial charge in [-0.25, -0.2) is 9.48 Å². The van der Waals surface area contributed by atoms with Crippen LogP contribution in [0.5, 0.6) is 0 Å². The van der Waals surface area contributed by atoms with E-state index in [-0.39, 0.29) is 29.7 Å². The first-order valence-corrected chi connectivity index (χ1v) is 11.0. The summed E-state index contributed by atoms with van der Waals surface area (Å²) in [7, 11) is 0. The Morgan fingerprint density at radius 2 is 1.56 bits per heavy atom. The maximum Gasteiger partial charge on any atom is 0.359 e. The Morgan fingerprint density at radius 3 is 2.24 bits per heavy atom. The van der Waals surface area contributed by atoms with Crippen LogP contribution in [0.1, 0.15) is 40.3 Å². The lowest BCUT2D eigenvalue weighted by molar-refractivity contribution is 0.0464. The van der Waals surface area contributed by atoms with Gasteiger partial charge in [-0.2, -0.15) is 5.10 Å². The summed E-state index contributed by atoms with van der Waals surface area (Å²) < 4.78 is 6.82. The number of ether oxygens (including phenoxy) is 1. The fourth-order valence-corrected chi connectivity index (χ4v) is 3.55. The number of esters is 1. The molecule has 34 heavy (non-hydrogen) atoms. The van der Waals surface area contributed by atoms with Crippen LogP contribution in [-0.4, -0.2) is 21.7 Å². The molecule has 4 aromatic rings. The fraction of sp³-hybridized carbons (Fsp3) is 0.185. The molecule has 0 unspecified atom stereocenters. The Morgan fingerprint density at radius 1 is 0.912 bits per heavy atom. The number of para-hydroxylation sites is 1. The van der Waals surface area contributed by atoms with Crippen molar-refractivity contribution < 1.29 is 14.3 Å². The van der Waals surface area contributed by atoms with Crippen molar-refractivity contribution >= 4 is 28.3 Å². The molecule has 0 atom stereocenters. The predicted molar refractivity (Wildman–Crippen MR) is 131 cm³/mol. The second-order valence-corrected chi connectivity index (χ2v) is 8.37. The standard InChI is InChI=1S/C27H25N3O4/c1-18(2)16-30-26(32)23-11-7-6-10-22(23)24(29-30)27(33)34-17-19-12-14-20(15-13-19)25(31)28-21-8-4-3-5-9-21/h3-15,18H,16-17H2,1-2H3,(H,28,31). The summed E-state index contributed by atoms with van der Waals surface area (Å²) in [6.07, 6.45) is 0. The third-order valence-electron chi connectivity index (χ3n) is 5.22.